The number of hydrogen-bond acceptors (Lipinski definition) is 1. The van der Waals surface area contributed by atoms with Gasteiger partial charge in [-0.2, -0.15) is 0 Å². The van der Waals surface area contributed by atoms with E-state index in [1.54, 1.807) is 0 Å². The minimum atomic E-state index is 0.791. The van der Waals surface area contributed by atoms with Gasteiger partial charge in [0.05, 0.1) is 0 Å². The Bertz CT molecular complexity index is 832. The van der Waals surface area contributed by atoms with Crippen LogP contribution < -0.4 is 0 Å². The molecule has 1 aliphatic heterocycles. The summed E-state index contributed by atoms with van der Waals surface area (Å²) in [5.74, 6) is 0. The Labute approximate surface area is 157 Å². The second kappa shape index (κ2) is 8.09. The van der Waals surface area contributed by atoms with Crippen LogP contribution in [0.25, 0.3) is 22.2 Å². The molecule has 2 heterocycles. The number of benzene rings is 2. The van der Waals surface area contributed by atoms with Gasteiger partial charge >= 0.3 is 0 Å². The molecule has 0 aliphatic carbocycles. The van der Waals surface area contributed by atoms with Gasteiger partial charge in [0.25, 0.3) is 0 Å². The van der Waals surface area contributed by atoms with Gasteiger partial charge in [0.1, 0.15) is 0 Å². The number of fused-ring (bicyclic) bond motifs is 1. The fourth-order valence-corrected chi connectivity index (χ4v) is 4.58. The number of H-pyrrole nitrogens is 1. The summed E-state index contributed by atoms with van der Waals surface area (Å²) in [6.45, 7) is 4.76. The van der Waals surface area contributed by atoms with Crippen molar-refractivity contribution in [2.24, 2.45) is 0 Å². The molecule has 0 radical (unpaired) electrons. The van der Waals surface area contributed by atoms with Crippen molar-refractivity contribution in [1.29, 1.82) is 0 Å². The topological polar surface area (TPSA) is 19.0 Å². The second-order valence-corrected chi connectivity index (χ2v) is 7.61. The molecule has 0 amide bonds. The van der Waals surface area contributed by atoms with E-state index < -0.39 is 0 Å². The molecule has 26 heavy (non-hydrogen) atoms. The van der Waals surface area contributed by atoms with Crippen molar-refractivity contribution in [3.8, 4) is 11.3 Å². The SMILES string of the molecule is CCCC1CCCCN1CCc1c(-c2ccccc2)[nH]c2ccccc12. The largest absolute Gasteiger partial charge is 0.354 e. The molecule has 0 saturated carbocycles. The quantitative estimate of drug-likeness (QED) is 0.577. The number of nitrogens with one attached hydrogen (secondary N) is 1. The van der Waals surface area contributed by atoms with E-state index >= 15 is 0 Å². The lowest BCUT2D eigenvalue weighted by molar-refractivity contribution is 0.141. The van der Waals surface area contributed by atoms with Crippen LogP contribution in [0.5, 0.6) is 0 Å². The summed E-state index contributed by atoms with van der Waals surface area (Å²) in [5, 5.41) is 1.38. The number of nitrogens with zero attached hydrogens (tertiary/aromatic N) is 1. The zero-order valence-electron chi connectivity index (χ0n) is 15.9. The van der Waals surface area contributed by atoms with Crippen LogP contribution in [0.1, 0.15) is 44.6 Å². The number of para-hydroxylation sites is 1. The Morgan fingerprint density at radius 2 is 1.81 bits per heavy atom. The van der Waals surface area contributed by atoms with Gasteiger partial charge in [-0.1, -0.05) is 68.3 Å². The van der Waals surface area contributed by atoms with Gasteiger partial charge in [0.2, 0.25) is 0 Å². The molecule has 3 aromatic rings. The summed E-state index contributed by atoms with van der Waals surface area (Å²) >= 11 is 0. The molecular weight excluding hydrogens is 316 g/mol. The first-order valence-electron chi connectivity index (χ1n) is 10.3. The molecule has 4 rings (SSSR count). The molecule has 1 N–H and O–H groups in total. The van der Waals surface area contributed by atoms with E-state index in [4.69, 9.17) is 0 Å². The molecular formula is C24H30N2. The number of aromatic nitrogens is 1. The molecule has 0 bridgehead atoms. The maximum absolute atomic E-state index is 3.69. The maximum atomic E-state index is 3.69. The Balaban J connectivity index is 1.63. The Kier molecular flexibility index (Phi) is 5.40. The molecule has 2 nitrogen and oxygen atoms in total. The monoisotopic (exact) mass is 346 g/mol. The van der Waals surface area contributed by atoms with Crippen LogP contribution in [0.4, 0.5) is 0 Å². The fourth-order valence-electron chi connectivity index (χ4n) is 4.58. The van der Waals surface area contributed by atoms with Crippen LogP contribution in [-0.4, -0.2) is 29.0 Å². The third-order valence-corrected chi connectivity index (χ3v) is 5.90. The van der Waals surface area contributed by atoms with Crippen molar-refractivity contribution in [1.82, 2.24) is 9.88 Å². The van der Waals surface area contributed by atoms with Gasteiger partial charge in [-0.3, -0.25) is 0 Å². The van der Waals surface area contributed by atoms with Gasteiger partial charge in [0.15, 0.2) is 0 Å². The average molecular weight is 347 g/mol. The molecule has 0 spiro atoms. The number of piperidine rings is 1. The first kappa shape index (κ1) is 17.4. The highest BCUT2D eigenvalue weighted by molar-refractivity contribution is 5.90. The second-order valence-electron chi connectivity index (χ2n) is 7.61. The smallest absolute Gasteiger partial charge is 0.0497 e. The van der Waals surface area contributed by atoms with Crippen LogP contribution in [0, 0.1) is 0 Å². The van der Waals surface area contributed by atoms with E-state index in [1.807, 2.05) is 0 Å². The van der Waals surface area contributed by atoms with E-state index in [0.29, 0.717) is 0 Å². The highest BCUT2D eigenvalue weighted by Gasteiger charge is 2.22. The summed E-state index contributed by atoms with van der Waals surface area (Å²) in [5.41, 5.74) is 5.33. The van der Waals surface area contributed by atoms with E-state index in [0.717, 1.165) is 12.5 Å². The van der Waals surface area contributed by atoms with Crippen LogP contribution in [0.3, 0.4) is 0 Å². The number of hydrogen-bond donors (Lipinski definition) is 1. The summed E-state index contributed by atoms with van der Waals surface area (Å²) in [7, 11) is 0. The summed E-state index contributed by atoms with van der Waals surface area (Å²) < 4.78 is 0. The highest BCUT2D eigenvalue weighted by Crippen LogP contribution is 2.31. The molecule has 1 atom stereocenters. The third-order valence-electron chi connectivity index (χ3n) is 5.90. The molecule has 1 aromatic heterocycles. The minimum Gasteiger partial charge on any atom is -0.354 e. The van der Waals surface area contributed by atoms with Gasteiger partial charge in [-0.25, -0.2) is 0 Å². The zero-order valence-corrected chi connectivity index (χ0v) is 15.9. The van der Waals surface area contributed by atoms with Crippen molar-refractivity contribution in [3.63, 3.8) is 0 Å². The van der Waals surface area contributed by atoms with E-state index in [2.05, 4.69) is 71.4 Å². The number of aromatic amines is 1. The van der Waals surface area contributed by atoms with Crippen LogP contribution in [0.15, 0.2) is 54.6 Å². The molecule has 2 aromatic carbocycles. The van der Waals surface area contributed by atoms with Crippen molar-refractivity contribution in [2.45, 2.75) is 51.5 Å². The summed E-state index contributed by atoms with van der Waals surface area (Å²) in [4.78, 5) is 6.44. The Morgan fingerprint density at radius 3 is 2.65 bits per heavy atom. The molecule has 1 fully saturated rings. The van der Waals surface area contributed by atoms with Gasteiger partial charge in [-0.05, 0) is 49.4 Å². The lowest BCUT2D eigenvalue weighted by atomic mass is 9.96. The first-order chi connectivity index (χ1) is 12.9. The molecule has 1 unspecified atom stereocenters. The van der Waals surface area contributed by atoms with E-state index in [-0.39, 0.29) is 0 Å². The predicted octanol–water partition coefficient (Wildman–Crippen LogP) is 6.03. The lowest BCUT2D eigenvalue weighted by Crippen LogP contribution is -2.40. The maximum Gasteiger partial charge on any atom is 0.0497 e. The number of rotatable bonds is 6. The molecule has 136 valence electrons. The molecule has 1 aliphatic rings. The van der Waals surface area contributed by atoms with Crippen LogP contribution >= 0.6 is 0 Å². The van der Waals surface area contributed by atoms with Gasteiger partial charge < -0.3 is 9.88 Å². The minimum absolute atomic E-state index is 0.791. The van der Waals surface area contributed by atoms with Gasteiger partial charge in [0, 0.05) is 29.2 Å². The third kappa shape index (κ3) is 3.57. The van der Waals surface area contributed by atoms with Crippen molar-refractivity contribution >= 4 is 10.9 Å². The number of likely N-dealkylation sites (tertiary alicyclic amines) is 1. The standard InChI is InChI=1S/C24H30N2/c1-2-10-20-13-8-9-17-26(20)18-16-22-21-14-6-7-15-23(21)25-24(22)19-11-4-3-5-12-19/h3-7,11-12,14-15,20,25H,2,8-10,13,16-18H2,1H3. The van der Waals surface area contributed by atoms with Crippen LogP contribution in [-0.2, 0) is 6.42 Å². The Morgan fingerprint density at radius 1 is 1.00 bits per heavy atom. The fraction of sp³-hybridized carbons (Fsp3) is 0.417. The van der Waals surface area contributed by atoms with E-state index in [1.165, 1.54) is 72.9 Å². The Hall–Kier alpha value is -2.06. The normalized spacial score (nSPS) is 18.4. The van der Waals surface area contributed by atoms with Crippen molar-refractivity contribution in [2.75, 3.05) is 13.1 Å². The molecule has 1 saturated heterocycles. The van der Waals surface area contributed by atoms with Crippen molar-refractivity contribution in [3.05, 3.63) is 60.2 Å². The van der Waals surface area contributed by atoms with Crippen molar-refractivity contribution < 1.29 is 0 Å². The van der Waals surface area contributed by atoms with Crippen LogP contribution in [0.2, 0.25) is 0 Å². The van der Waals surface area contributed by atoms with E-state index in [9.17, 15) is 0 Å². The average Bonchev–Trinajstić information content (AvgIpc) is 3.07. The lowest BCUT2D eigenvalue weighted by Gasteiger charge is -2.35. The summed E-state index contributed by atoms with van der Waals surface area (Å²) in [6.07, 6.45) is 7.91. The molecule has 2 heteroatoms. The predicted molar refractivity (Wildman–Crippen MR) is 112 cm³/mol. The highest BCUT2D eigenvalue weighted by atomic mass is 15.2. The zero-order chi connectivity index (χ0) is 17.8. The first-order valence-corrected chi connectivity index (χ1v) is 10.3. The van der Waals surface area contributed by atoms with Gasteiger partial charge in [-0.15, -0.1) is 0 Å². The summed E-state index contributed by atoms with van der Waals surface area (Å²) in [6, 6.07) is 20.3.